The summed E-state index contributed by atoms with van der Waals surface area (Å²) < 4.78 is 10.6. The van der Waals surface area contributed by atoms with Gasteiger partial charge in [0.2, 0.25) is 5.91 Å². The van der Waals surface area contributed by atoms with Gasteiger partial charge in [0.25, 0.3) is 0 Å². The Kier molecular flexibility index (Phi) is 4.24. The number of likely N-dealkylation sites (tertiary alicyclic amines) is 1. The highest BCUT2D eigenvalue weighted by atomic mass is 16.5. The average molecular weight is 333 g/mol. The molecule has 132 valence electrons. The summed E-state index contributed by atoms with van der Waals surface area (Å²) >= 11 is 0. The number of fused-ring (bicyclic) bond motifs is 1. The number of rotatable bonds is 5. The molecule has 3 rings (SSSR count). The summed E-state index contributed by atoms with van der Waals surface area (Å²) in [5.41, 5.74) is 0.932. The van der Waals surface area contributed by atoms with Crippen molar-refractivity contribution in [1.82, 2.24) is 4.90 Å². The molecule has 5 nitrogen and oxygen atoms in total. The number of hydrogen-bond donors (Lipinski definition) is 1. The minimum absolute atomic E-state index is 0.0829. The highest BCUT2D eigenvalue weighted by Gasteiger charge is 2.62. The van der Waals surface area contributed by atoms with Gasteiger partial charge in [0.15, 0.2) is 0 Å². The van der Waals surface area contributed by atoms with E-state index in [9.17, 15) is 9.90 Å². The molecular formula is C19H27NO4. The molecule has 1 N–H and O–H groups in total. The number of hydrogen-bond acceptors (Lipinski definition) is 4. The molecule has 5 heteroatoms. The van der Waals surface area contributed by atoms with Crippen LogP contribution in [0.15, 0.2) is 18.2 Å². The number of aliphatic hydroxyl groups is 1. The number of amides is 1. The molecule has 0 bridgehead atoms. The second kappa shape index (κ2) is 5.96. The molecule has 1 saturated carbocycles. The quantitative estimate of drug-likeness (QED) is 0.897. The molecule has 1 heterocycles. The zero-order chi connectivity index (χ0) is 17.5. The fourth-order valence-corrected chi connectivity index (χ4v) is 4.82. The van der Waals surface area contributed by atoms with E-state index < -0.39 is 0 Å². The molecule has 0 unspecified atom stereocenters. The Morgan fingerprint density at radius 2 is 2.08 bits per heavy atom. The summed E-state index contributed by atoms with van der Waals surface area (Å²) in [6.07, 6.45) is 1.27. The molecule has 2 aliphatic rings. The number of nitrogens with zero attached hydrogens (tertiary/aromatic N) is 1. The maximum Gasteiger partial charge on any atom is 0.227 e. The molecule has 1 aliphatic heterocycles. The summed E-state index contributed by atoms with van der Waals surface area (Å²) in [5, 5.41) is 9.84. The minimum atomic E-state index is -0.0996. The Labute approximate surface area is 143 Å². The fourth-order valence-electron chi connectivity index (χ4n) is 4.82. The Hall–Kier alpha value is -1.75. The monoisotopic (exact) mass is 333 g/mol. The smallest absolute Gasteiger partial charge is 0.227 e. The van der Waals surface area contributed by atoms with Gasteiger partial charge < -0.3 is 19.5 Å². The molecule has 0 radical (unpaired) electrons. The van der Waals surface area contributed by atoms with Crippen molar-refractivity contribution in [1.29, 1.82) is 0 Å². The number of aliphatic hydroxyl groups excluding tert-OH is 1. The summed E-state index contributed by atoms with van der Waals surface area (Å²) in [6, 6.07) is 5.51. The molecule has 24 heavy (non-hydrogen) atoms. The molecule has 0 spiro atoms. The van der Waals surface area contributed by atoms with Crippen molar-refractivity contribution in [3.63, 3.8) is 0 Å². The highest BCUT2D eigenvalue weighted by molar-refractivity contribution is 5.80. The van der Waals surface area contributed by atoms with Crippen LogP contribution >= 0.6 is 0 Å². The SMILES string of the molecule is COc1ccc(OC)c(CC(=O)N2C[C@@H]3C(C)(C)C[C@]3(CO)C2)c1. The van der Waals surface area contributed by atoms with E-state index in [-0.39, 0.29) is 29.8 Å². The van der Waals surface area contributed by atoms with Crippen LogP contribution in [-0.4, -0.2) is 49.8 Å². The van der Waals surface area contributed by atoms with Gasteiger partial charge in [-0.1, -0.05) is 13.8 Å². The summed E-state index contributed by atoms with van der Waals surface area (Å²) in [6.45, 7) is 6.00. The van der Waals surface area contributed by atoms with Crippen molar-refractivity contribution in [2.24, 2.45) is 16.7 Å². The van der Waals surface area contributed by atoms with Crippen LogP contribution in [0.25, 0.3) is 0 Å². The van der Waals surface area contributed by atoms with Gasteiger partial charge in [0.1, 0.15) is 11.5 Å². The zero-order valence-electron chi connectivity index (χ0n) is 15.0. The van der Waals surface area contributed by atoms with Crippen LogP contribution in [0.4, 0.5) is 0 Å². The fraction of sp³-hybridized carbons (Fsp3) is 0.632. The van der Waals surface area contributed by atoms with Gasteiger partial charge >= 0.3 is 0 Å². The van der Waals surface area contributed by atoms with Crippen LogP contribution in [-0.2, 0) is 11.2 Å². The van der Waals surface area contributed by atoms with Gasteiger partial charge in [-0.25, -0.2) is 0 Å². The molecule has 1 aromatic rings. The van der Waals surface area contributed by atoms with E-state index in [1.807, 2.05) is 23.1 Å². The lowest BCUT2D eigenvalue weighted by molar-refractivity contribution is -0.130. The maximum atomic E-state index is 12.8. The van der Waals surface area contributed by atoms with Gasteiger partial charge in [-0.3, -0.25) is 4.79 Å². The number of ether oxygens (including phenoxy) is 2. The van der Waals surface area contributed by atoms with Crippen LogP contribution in [0.5, 0.6) is 11.5 Å². The lowest BCUT2D eigenvalue weighted by atomic mass is 9.48. The van der Waals surface area contributed by atoms with E-state index in [0.717, 1.165) is 18.5 Å². The molecule has 2 fully saturated rings. The van der Waals surface area contributed by atoms with Gasteiger partial charge in [0, 0.05) is 24.1 Å². The molecule has 1 aliphatic carbocycles. The summed E-state index contributed by atoms with van der Waals surface area (Å²) in [4.78, 5) is 14.7. The normalized spacial score (nSPS) is 27.4. The van der Waals surface area contributed by atoms with E-state index >= 15 is 0 Å². The first-order chi connectivity index (χ1) is 11.3. The second-order valence-electron chi connectivity index (χ2n) is 7.87. The van der Waals surface area contributed by atoms with Crippen LogP contribution in [0.1, 0.15) is 25.8 Å². The molecule has 0 aromatic heterocycles. The number of carbonyl (C=O) groups is 1. The average Bonchev–Trinajstić information content (AvgIpc) is 2.90. The molecule has 1 saturated heterocycles. The third kappa shape index (κ3) is 2.65. The predicted octanol–water partition coefficient (Wildman–Crippen LogP) is 2.11. The first-order valence-electron chi connectivity index (χ1n) is 8.45. The van der Waals surface area contributed by atoms with Gasteiger partial charge in [0.05, 0.1) is 27.2 Å². The topological polar surface area (TPSA) is 59.0 Å². The van der Waals surface area contributed by atoms with Crippen molar-refractivity contribution in [2.45, 2.75) is 26.7 Å². The van der Waals surface area contributed by atoms with Crippen molar-refractivity contribution in [2.75, 3.05) is 33.9 Å². The van der Waals surface area contributed by atoms with E-state index in [0.29, 0.717) is 24.0 Å². The van der Waals surface area contributed by atoms with E-state index in [4.69, 9.17) is 9.47 Å². The summed E-state index contributed by atoms with van der Waals surface area (Å²) in [5.74, 6) is 1.88. The Morgan fingerprint density at radius 3 is 2.62 bits per heavy atom. The van der Waals surface area contributed by atoms with Gasteiger partial charge in [-0.2, -0.15) is 0 Å². The lowest BCUT2D eigenvalue weighted by Crippen LogP contribution is -2.54. The first-order valence-corrected chi connectivity index (χ1v) is 8.45. The van der Waals surface area contributed by atoms with Gasteiger partial charge in [-0.05, 0) is 36.0 Å². The minimum Gasteiger partial charge on any atom is -0.497 e. The molecule has 2 atom stereocenters. The Morgan fingerprint density at radius 1 is 1.33 bits per heavy atom. The highest BCUT2D eigenvalue weighted by Crippen LogP contribution is 2.62. The van der Waals surface area contributed by atoms with Gasteiger partial charge in [-0.15, -0.1) is 0 Å². The molecule has 1 amide bonds. The number of carbonyl (C=O) groups excluding carboxylic acids is 1. The van der Waals surface area contributed by atoms with E-state index in [2.05, 4.69) is 13.8 Å². The third-order valence-electron chi connectivity index (χ3n) is 5.90. The first kappa shape index (κ1) is 17.1. The zero-order valence-corrected chi connectivity index (χ0v) is 15.0. The largest absolute Gasteiger partial charge is 0.497 e. The third-order valence-corrected chi connectivity index (χ3v) is 5.90. The molecular weight excluding hydrogens is 306 g/mol. The van der Waals surface area contributed by atoms with Crippen molar-refractivity contribution >= 4 is 5.91 Å². The van der Waals surface area contributed by atoms with Crippen LogP contribution in [0, 0.1) is 16.7 Å². The van der Waals surface area contributed by atoms with Crippen LogP contribution < -0.4 is 9.47 Å². The van der Waals surface area contributed by atoms with Crippen LogP contribution in [0.3, 0.4) is 0 Å². The van der Waals surface area contributed by atoms with Crippen LogP contribution in [0.2, 0.25) is 0 Å². The second-order valence-corrected chi connectivity index (χ2v) is 7.87. The molecule has 1 aromatic carbocycles. The van der Waals surface area contributed by atoms with E-state index in [1.165, 1.54) is 0 Å². The maximum absolute atomic E-state index is 12.8. The van der Waals surface area contributed by atoms with Crippen molar-refractivity contribution < 1.29 is 19.4 Å². The number of benzene rings is 1. The Balaban J connectivity index is 1.75. The summed E-state index contributed by atoms with van der Waals surface area (Å²) in [7, 11) is 3.22. The van der Waals surface area contributed by atoms with E-state index in [1.54, 1.807) is 14.2 Å². The predicted molar refractivity (Wildman–Crippen MR) is 91.2 cm³/mol. The lowest BCUT2D eigenvalue weighted by Gasteiger charge is -2.55. The standard InChI is InChI=1S/C19H27NO4/c1-18(2)10-19(12-21)11-20(9-16(18)19)17(22)8-13-7-14(23-3)5-6-15(13)24-4/h5-7,16,21H,8-12H2,1-4H3/t16-,19-/m1/s1. The van der Waals surface area contributed by atoms with Crippen molar-refractivity contribution in [3.05, 3.63) is 23.8 Å². The Bertz CT molecular complexity index is 642. The van der Waals surface area contributed by atoms with Crippen molar-refractivity contribution in [3.8, 4) is 11.5 Å². The number of methoxy groups -OCH3 is 2.